The van der Waals surface area contributed by atoms with Crippen LogP contribution in [0.1, 0.15) is 0 Å². The molecule has 0 fully saturated rings. The molecule has 0 unspecified atom stereocenters. The third-order valence-corrected chi connectivity index (χ3v) is 26.4. The van der Waals surface area contributed by atoms with Gasteiger partial charge in [0.15, 0.2) is 0 Å². The molecule has 0 aromatic heterocycles. The molecule has 4 heteroatoms. The Labute approximate surface area is 794 Å². The minimum atomic E-state index is 1.03. The van der Waals surface area contributed by atoms with E-state index >= 15 is 0 Å². The Morgan fingerprint density at radius 2 is 0.257 bits per heavy atom. The molecule has 0 saturated heterocycles. The SMILES string of the molecule is c1ccc(-c2ccc(N(c3ccc(-c4ccccc4)cc3)c3ccc4c(-c5ccc(N(c6ccccc6)c6ccccc6)cc5)c5cc(N(c6ccc(-c7ccccc7)cc6)c6ccc(-c7ccccc7)cc6)ccc5c(-c5ccc(N(c6ccccc6)c6ccccc6)cc5)c4c3)cc2)cc1.c1ccc2cc(-c3c4ccccc4c(-c4ccc5ccccc5c4)c4ccccc34)ccc2c1. The molecule has 0 aliphatic rings. The fraction of sp³-hybridized carbons (Fsp3) is 0. The Kier molecular flexibility index (Phi) is 22.5. The monoisotopic (exact) mass is 1730 g/mol. The predicted molar refractivity (Wildman–Crippen MR) is 580 cm³/mol. The van der Waals surface area contributed by atoms with E-state index in [1.807, 2.05) is 0 Å². The van der Waals surface area contributed by atoms with Crippen molar-refractivity contribution in [1.82, 2.24) is 0 Å². The normalized spacial score (nSPS) is 11.2. The molecule has 0 heterocycles. The maximum atomic E-state index is 2.45. The quantitative estimate of drug-likeness (QED) is 0.0705. The highest BCUT2D eigenvalue weighted by atomic mass is 15.2. The van der Waals surface area contributed by atoms with Gasteiger partial charge < -0.3 is 19.6 Å². The lowest BCUT2D eigenvalue weighted by atomic mass is 9.85. The fourth-order valence-electron chi connectivity index (χ4n) is 19.9. The van der Waals surface area contributed by atoms with Crippen LogP contribution in [0, 0.1) is 0 Å². The lowest BCUT2D eigenvalue weighted by Gasteiger charge is -2.29. The van der Waals surface area contributed by atoms with Gasteiger partial charge in [0.2, 0.25) is 0 Å². The molecule has 0 saturated carbocycles. The molecule has 0 spiro atoms. The lowest BCUT2D eigenvalue weighted by Crippen LogP contribution is -2.11. The van der Waals surface area contributed by atoms with E-state index in [2.05, 4.69) is 578 Å². The molecule has 24 aromatic rings. The summed E-state index contributed by atoms with van der Waals surface area (Å²) >= 11 is 0. The minimum Gasteiger partial charge on any atom is -0.311 e. The summed E-state index contributed by atoms with van der Waals surface area (Å²) in [5.41, 5.74) is 31.6. The standard InChI is InChI=1S/C98H70N4.C34H22/c1-9-25-71(26-10-1)75-41-53-87(54-42-75)101(88-55-43-76(44-56-88)72-27-11-2-12-28-72)91-65-67-93-95(69-91)97(79-49-61-85(62-50-79)99(81-33-17-5-18-34-81)82-35-19-6-20-36-82)94-68-66-92(70-96(94)98(93)80-51-63-86(64-52-80)100(83-37-21-7-22-38-83)84-39-23-8-24-40-84)102(89-57-45-77(46-58-89)73-29-13-3-14-30-73)90-59-47-78(48-60-90)74-31-15-4-16-32-74;1-3-11-25-21-27(19-17-23(25)9-1)33-29-13-5-7-15-31(29)34(32-16-8-6-14-30(32)33)28-20-18-24-10-2-4-12-26(24)22-28/h1-70H;1-22H. The first-order chi connectivity index (χ1) is 67.5. The molecule has 0 bridgehead atoms. The minimum absolute atomic E-state index is 1.03. The van der Waals surface area contributed by atoms with E-state index in [0.29, 0.717) is 0 Å². The largest absolute Gasteiger partial charge is 0.311 e. The van der Waals surface area contributed by atoms with Gasteiger partial charge in [0, 0.05) is 68.2 Å². The van der Waals surface area contributed by atoms with Crippen LogP contribution < -0.4 is 19.6 Å². The summed E-state index contributed by atoms with van der Waals surface area (Å²) in [4.78, 5) is 9.51. The van der Waals surface area contributed by atoms with E-state index in [4.69, 9.17) is 0 Å². The fourth-order valence-corrected chi connectivity index (χ4v) is 19.9. The highest BCUT2D eigenvalue weighted by Crippen LogP contribution is 2.52. The molecule has 24 rings (SSSR count). The first-order valence-corrected chi connectivity index (χ1v) is 46.7. The van der Waals surface area contributed by atoms with Crippen molar-refractivity contribution in [2.45, 2.75) is 0 Å². The zero-order chi connectivity index (χ0) is 90.5. The van der Waals surface area contributed by atoms with E-state index in [9.17, 15) is 0 Å². The summed E-state index contributed by atoms with van der Waals surface area (Å²) in [6, 6.07) is 203. The Morgan fingerprint density at radius 1 is 0.0882 bits per heavy atom. The first kappa shape index (κ1) is 82.5. The third-order valence-electron chi connectivity index (χ3n) is 26.4. The molecule has 0 N–H and O–H groups in total. The average Bonchev–Trinajstić information content (AvgIpc) is 0.728. The van der Waals surface area contributed by atoms with Crippen molar-refractivity contribution in [2.24, 2.45) is 0 Å². The molecule has 0 atom stereocenters. The number of nitrogens with zero attached hydrogens (tertiary/aromatic N) is 4. The second-order valence-corrected chi connectivity index (χ2v) is 34.6. The van der Waals surface area contributed by atoms with Gasteiger partial charge in [-0.2, -0.15) is 0 Å². The van der Waals surface area contributed by atoms with Gasteiger partial charge in [0.05, 0.1) is 0 Å². The van der Waals surface area contributed by atoms with Crippen molar-refractivity contribution < 1.29 is 0 Å². The maximum Gasteiger partial charge on any atom is 0.0468 e. The lowest BCUT2D eigenvalue weighted by molar-refractivity contribution is 1.28. The summed E-state index contributed by atoms with van der Waals surface area (Å²) in [7, 11) is 0. The number of hydrogen-bond donors (Lipinski definition) is 0. The summed E-state index contributed by atoms with van der Waals surface area (Å²) in [6.45, 7) is 0. The molecule has 0 amide bonds. The average molecular weight is 1730 g/mol. The van der Waals surface area contributed by atoms with Gasteiger partial charge in [-0.15, -0.1) is 0 Å². The molecule has 0 aliphatic heterocycles. The zero-order valence-corrected chi connectivity index (χ0v) is 74.9. The van der Waals surface area contributed by atoms with Crippen LogP contribution in [0.25, 0.3) is 154 Å². The Balaban J connectivity index is 0.000000254. The van der Waals surface area contributed by atoms with Crippen LogP contribution in [-0.2, 0) is 0 Å². The summed E-state index contributed by atoms with van der Waals surface area (Å²) in [6.07, 6.45) is 0. The Bertz CT molecular complexity index is 7560. The molecule has 136 heavy (non-hydrogen) atoms. The highest BCUT2D eigenvalue weighted by molar-refractivity contribution is 6.24. The van der Waals surface area contributed by atoms with Crippen molar-refractivity contribution >= 4 is 133 Å². The van der Waals surface area contributed by atoms with Gasteiger partial charge >= 0.3 is 0 Å². The number of anilines is 12. The second-order valence-electron chi connectivity index (χ2n) is 34.6. The summed E-state index contributed by atoms with van der Waals surface area (Å²) < 4.78 is 0. The van der Waals surface area contributed by atoms with Crippen LogP contribution in [0.2, 0.25) is 0 Å². The van der Waals surface area contributed by atoms with Gasteiger partial charge in [-0.1, -0.05) is 400 Å². The van der Waals surface area contributed by atoms with E-state index in [1.165, 1.54) is 87.6 Å². The number of para-hydroxylation sites is 4. The molecular weight excluding hydrogens is 1640 g/mol. The number of benzene rings is 24. The predicted octanol–water partition coefficient (Wildman–Crippen LogP) is 37.5. The topological polar surface area (TPSA) is 13.0 Å². The second kappa shape index (κ2) is 37.1. The molecular formula is C132H92N4. The highest BCUT2D eigenvalue weighted by Gasteiger charge is 2.26. The van der Waals surface area contributed by atoms with Crippen LogP contribution in [0.4, 0.5) is 68.2 Å². The Morgan fingerprint density at radius 3 is 0.515 bits per heavy atom. The van der Waals surface area contributed by atoms with Crippen LogP contribution >= 0.6 is 0 Å². The number of fused-ring (bicyclic) bond motifs is 6. The first-order valence-electron chi connectivity index (χ1n) is 46.7. The van der Waals surface area contributed by atoms with E-state index in [-0.39, 0.29) is 0 Å². The Hall–Kier alpha value is -18.0. The van der Waals surface area contributed by atoms with E-state index in [0.717, 1.165) is 134 Å². The zero-order valence-electron chi connectivity index (χ0n) is 74.9. The molecule has 4 nitrogen and oxygen atoms in total. The third kappa shape index (κ3) is 16.4. The van der Waals surface area contributed by atoms with Crippen molar-refractivity contribution in [2.75, 3.05) is 19.6 Å². The van der Waals surface area contributed by atoms with Gasteiger partial charge in [-0.25, -0.2) is 0 Å². The summed E-state index contributed by atoms with van der Waals surface area (Å²) in [5, 5.41) is 14.7. The molecule has 24 aromatic carbocycles. The van der Waals surface area contributed by atoms with Crippen molar-refractivity contribution in [1.29, 1.82) is 0 Å². The van der Waals surface area contributed by atoms with Crippen molar-refractivity contribution in [3.63, 3.8) is 0 Å². The van der Waals surface area contributed by atoms with E-state index < -0.39 is 0 Å². The molecule has 640 valence electrons. The van der Waals surface area contributed by atoms with Gasteiger partial charge in [-0.05, 0) is 311 Å². The smallest absolute Gasteiger partial charge is 0.0468 e. The van der Waals surface area contributed by atoms with Gasteiger partial charge in [0.25, 0.3) is 0 Å². The van der Waals surface area contributed by atoms with Crippen LogP contribution in [0.15, 0.2) is 558 Å². The maximum absolute atomic E-state index is 2.45. The molecule has 0 aliphatic carbocycles. The molecule has 0 radical (unpaired) electrons. The summed E-state index contributed by atoms with van der Waals surface area (Å²) in [5.74, 6) is 0. The van der Waals surface area contributed by atoms with Gasteiger partial charge in [-0.3, -0.25) is 0 Å². The number of rotatable bonds is 20. The van der Waals surface area contributed by atoms with Crippen LogP contribution in [0.3, 0.4) is 0 Å². The van der Waals surface area contributed by atoms with Crippen molar-refractivity contribution in [3.8, 4) is 89.0 Å². The van der Waals surface area contributed by atoms with E-state index in [1.54, 1.807) is 0 Å². The van der Waals surface area contributed by atoms with Crippen LogP contribution in [0.5, 0.6) is 0 Å². The van der Waals surface area contributed by atoms with Crippen molar-refractivity contribution in [3.05, 3.63) is 558 Å². The van der Waals surface area contributed by atoms with Gasteiger partial charge in [0.1, 0.15) is 0 Å². The number of hydrogen-bond acceptors (Lipinski definition) is 4. The van der Waals surface area contributed by atoms with Crippen LogP contribution in [-0.4, -0.2) is 0 Å².